The lowest BCUT2D eigenvalue weighted by Gasteiger charge is -2.14. The summed E-state index contributed by atoms with van der Waals surface area (Å²) in [4.78, 5) is 15.8. The fraction of sp³-hybridized carbons (Fsp3) is 0.333. The number of nitrogens with two attached hydrogens (primary N) is 1. The van der Waals surface area contributed by atoms with Crippen molar-refractivity contribution >= 4 is 18.3 Å². The zero-order chi connectivity index (χ0) is 15.5. The first-order chi connectivity index (χ1) is 10.6. The maximum atomic E-state index is 11.6. The highest BCUT2D eigenvalue weighted by Gasteiger charge is 2.18. The normalized spacial score (nSPS) is 13.4. The number of amides is 1. The van der Waals surface area contributed by atoms with Crippen LogP contribution in [0.2, 0.25) is 0 Å². The molecule has 1 amide bonds. The van der Waals surface area contributed by atoms with E-state index < -0.39 is 11.9 Å². The summed E-state index contributed by atoms with van der Waals surface area (Å²) in [5.74, 6) is 1.06. The van der Waals surface area contributed by atoms with Gasteiger partial charge < -0.3 is 25.1 Å². The Morgan fingerprint density at radius 2 is 2.22 bits per heavy atom. The number of hydrogen-bond acceptors (Lipinski definition) is 5. The molecule has 7 nitrogen and oxygen atoms in total. The van der Waals surface area contributed by atoms with Crippen LogP contribution in [0.4, 0.5) is 0 Å². The number of nitrogens with zero attached hydrogens (tertiary/aromatic N) is 2. The molecule has 0 radical (unpaired) electrons. The molecule has 124 valence electrons. The number of nitrogens with one attached hydrogen (secondary N) is 1. The summed E-state index contributed by atoms with van der Waals surface area (Å²) >= 11 is 0. The lowest BCUT2D eigenvalue weighted by molar-refractivity contribution is -0.120. The molecule has 0 saturated carbocycles. The van der Waals surface area contributed by atoms with E-state index in [4.69, 9.17) is 15.2 Å². The van der Waals surface area contributed by atoms with E-state index in [1.807, 2.05) is 36.0 Å². The molecule has 0 saturated heterocycles. The maximum absolute atomic E-state index is 11.6. The minimum Gasteiger partial charge on any atom is -0.454 e. The largest absolute Gasteiger partial charge is 0.454 e. The van der Waals surface area contributed by atoms with Gasteiger partial charge in [0.05, 0.1) is 18.1 Å². The van der Waals surface area contributed by atoms with Gasteiger partial charge in [-0.1, -0.05) is 6.07 Å². The number of carbonyl (C=O) groups excluding carboxylic acids is 1. The van der Waals surface area contributed by atoms with Crippen LogP contribution in [0.15, 0.2) is 30.7 Å². The van der Waals surface area contributed by atoms with Crippen LogP contribution >= 0.6 is 12.4 Å². The van der Waals surface area contributed by atoms with Crippen molar-refractivity contribution in [2.45, 2.75) is 19.0 Å². The lowest BCUT2D eigenvalue weighted by Crippen LogP contribution is -2.42. The Morgan fingerprint density at radius 1 is 1.43 bits per heavy atom. The topological polar surface area (TPSA) is 91.4 Å². The number of aromatic nitrogens is 2. The molecule has 2 aromatic rings. The molecule has 1 aliphatic heterocycles. The van der Waals surface area contributed by atoms with Gasteiger partial charge in [0.2, 0.25) is 12.7 Å². The van der Waals surface area contributed by atoms with Gasteiger partial charge in [0.15, 0.2) is 11.5 Å². The highest BCUT2D eigenvalue weighted by molar-refractivity contribution is 5.85. The highest BCUT2D eigenvalue weighted by atomic mass is 35.5. The fourth-order valence-electron chi connectivity index (χ4n) is 2.35. The molecule has 0 fully saturated rings. The Balaban J connectivity index is 0.00000192. The first-order valence-electron chi connectivity index (χ1n) is 7.00. The van der Waals surface area contributed by atoms with Crippen LogP contribution < -0.4 is 20.5 Å². The Labute approximate surface area is 140 Å². The van der Waals surface area contributed by atoms with Gasteiger partial charge in [-0.3, -0.25) is 4.79 Å². The average molecular weight is 339 g/mol. The van der Waals surface area contributed by atoms with E-state index in [1.165, 1.54) is 0 Å². The number of halogens is 1. The highest BCUT2D eigenvalue weighted by Crippen LogP contribution is 2.32. The van der Waals surface area contributed by atoms with E-state index in [2.05, 4.69) is 10.3 Å². The molecule has 1 aromatic heterocycles. The van der Waals surface area contributed by atoms with Crippen LogP contribution in [0.5, 0.6) is 11.5 Å². The molecule has 0 bridgehead atoms. The van der Waals surface area contributed by atoms with E-state index >= 15 is 0 Å². The van der Waals surface area contributed by atoms with Crippen LogP contribution in [0, 0.1) is 0 Å². The van der Waals surface area contributed by atoms with Crippen molar-refractivity contribution in [2.24, 2.45) is 12.8 Å². The minimum atomic E-state index is -0.472. The zero-order valence-corrected chi connectivity index (χ0v) is 13.5. The molecule has 3 rings (SSSR count). The van der Waals surface area contributed by atoms with Gasteiger partial charge in [-0.05, 0) is 17.7 Å². The number of carbonyl (C=O) groups is 1. The third-order valence-electron chi connectivity index (χ3n) is 3.50. The minimum absolute atomic E-state index is 0. The average Bonchev–Trinajstić information content (AvgIpc) is 3.11. The van der Waals surface area contributed by atoms with Crippen LogP contribution in [0.25, 0.3) is 0 Å². The molecule has 1 atom stereocenters. The van der Waals surface area contributed by atoms with E-state index in [-0.39, 0.29) is 19.2 Å². The van der Waals surface area contributed by atoms with E-state index in [0.717, 1.165) is 22.8 Å². The fourth-order valence-corrected chi connectivity index (χ4v) is 2.35. The maximum Gasteiger partial charge on any atom is 0.234 e. The summed E-state index contributed by atoms with van der Waals surface area (Å²) in [6.07, 6.45) is 4.03. The van der Waals surface area contributed by atoms with Gasteiger partial charge in [0, 0.05) is 26.2 Å². The molecular weight excluding hydrogens is 320 g/mol. The quantitative estimate of drug-likeness (QED) is 0.811. The summed E-state index contributed by atoms with van der Waals surface area (Å²) in [6, 6.07) is 5.21. The van der Waals surface area contributed by atoms with Crippen molar-refractivity contribution in [1.29, 1.82) is 0 Å². The van der Waals surface area contributed by atoms with Gasteiger partial charge in [-0.15, -0.1) is 12.4 Å². The summed E-state index contributed by atoms with van der Waals surface area (Å²) in [6.45, 7) is 0.757. The SMILES string of the molecule is Cl.Cn1cnc(CC(NCc2ccc3c(c2)OCO3)C(N)=O)c1. The molecule has 3 N–H and O–H groups in total. The molecule has 1 unspecified atom stereocenters. The molecule has 1 aromatic carbocycles. The van der Waals surface area contributed by atoms with Crippen molar-refractivity contribution in [1.82, 2.24) is 14.9 Å². The van der Waals surface area contributed by atoms with Crippen molar-refractivity contribution in [3.8, 4) is 11.5 Å². The number of ether oxygens (including phenoxy) is 2. The Bertz CT molecular complexity index is 689. The predicted octanol–water partition coefficient (Wildman–Crippen LogP) is 0.757. The zero-order valence-electron chi connectivity index (χ0n) is 12.7. The molecule has 1 aliphatic rings. The monoisotopic (exact) mass is 338 g/mol. The third kappa shape index (κ3) is 4.14. The first-order valence-corrected chi connectivity index (χ1v) is 7.00. The van der Waals surface area contributed by atoms with E-state index in [0.29, 0.717) is 13.0 Å². The number of rotatable bonds is 6. The number of hydrogen-bond donors (Lipinski definition) is 2. The number of fused-ring (bicyclic) bond motifs is 1. The number of imidazole rings is 1. The van der Waals surface area contributed by atoms with Gasteiger partial charge in [0.25, 0.3) is 0 Å². The van der Waals surface area contributed by atoms with Crippen molar-refractivity contribution in [3.05, 3.63) is 42.0 Å². The Kier molecular flexibility index (Phi) is 5.46. The molecule has 2 heterocycles. The van der Waals surface area contributed by atoms with Crippen LogP contribution in [-0.4, -0.2) is 28.3 Å². The molecular formula is C15H19ClN4O3. The van der Waals surface area contributed by atoms with Crippen LogP contribution in [0.1, 0.15) is 11.3 Å². The van der Waals surface area contributed by atoms with Gasteiger partial charge in [0.1, 0.15) is 0 Å². The van der Waals surface area contributed by atoms with Crippen molar-refractivity contribution in [3.63, 3.8) is 0 Å². The summed E-state index contributed by atoms with van der Waals surface area (Å²) in [7, 11) is 1.88. The lowest BCUT2D eigenvalue weighted by atomic mass is 10.1. The Hall–Kier alpha value is -2.25. The summed E-state index contributed by atoms with van der Waals surface area (Å²) in [5.41, 5.74) is 7.29. The standard InChI is InChI=1S/C15H18N4O3.ClH/c1-19-7-11(18-8-19)5-12(15(16)20)17-6-10-2-3-13-14(4-10)22-9-21-13;/h2-4,7-8,12,17H,5-6,9H2,1H3,(H2,16,20);1H. The van der Waals surface area contributed by atoms with Gasteiger partial charge in [-0.2, -0.15) is 0 Å². The summed E-state index contributed by atoms with van der Waals surface area (Å²) < 4.78 is 12.4. The number of benzene rings is 1. The number of aryl methyl sites for hydroxylation is 1. The second-order valence-corrected chi connectivity index (χ2v) is 5.26. The molecule has 0 spiro atoms. The first kappa shape index (κ1) is 17.1. The Morgan fingerprint density at radius 3 is 2.91 bits per heavy atom. The van der Waals surface area contributed by atoms with Crippen molar-refractivity contribution < 1.29 is 14.3 Å². The predicted molar refractivity (Wildman–Crippen MR) is 86.5 cm³/mol. The van der Waals surface area contributed by atoms with E-state index in [1.54, 1.807) is 6.33 Å². The number of primary amides is 1. The molecule has 23 heavy (non-hydrogen) atoms. The summed E-state index contributed by atoms with van der Waals surface area (Å²) in [5, 5.41) is 3.16. The van der Waals surface area contributed by atoms with E-state index in [9.17, 15) is 4.79 Å². The van der Waals surface area contributed by atoms with Crippen LogP contribution in [-0.2, 0) is 24.8 Å². The van der Waals surface area contributed by atoms with Crippen molar-refractivity contribution in [2.75, 3.05) is 6.79 Å². The second kappa shape index (κ2) is 7.34. The van der Waals surface area contributed by atoms with Gasteiger partial charge in [-0.25, -0.2) is 4.98 Å². The molecule has 8 heteroatoms. The van der Waals surface area contributed by atoms with Crippen LogP contribution in [0.3, 0.4) is 0 Å². The molecule has 0 aliphatic carbocycles. The smallest absolute Gasteiger partial charge is 0.234 e. The third-order valence-corrected chi connectivity index (χ3v) is 3.50. The van der Waals surface area contributed by atoms with Gasteiger partial charge >= 0.3 is 0 Å². The second-order valence-electron chi connectivity index (χ2n) is 5.26.